The molecule has 0 fully saturated rings. The van der Waals surface area contributed by atoms with E-state index >= 15 is 0 Å². The highest BCUT2D eigenvalue weighted by Gasteiger charge is 2.14. The van der Waals surface area contributed by atoms with Gasteiger partial charge in [0, 0.05) is 5.02 Å². The van der Waals surface area contributed by atoms with E-state index in [1.807, 2.05) is 13.8 Å². The lowest BCUT2D eigenvalue weighted by Gasteiger charge is -2.12. The summed E-state index contributed by atoms with van der Waals surface area (Å²) in [5.74, 6) is -0.344. The quantitative estimate of drug-likeness (QED) is 0.325. The second-order valence-corrected chi connectivity index (χ2v) is 7.91. The number of carbonyl (C=O) groups is 2. The number of methoxy groups -OCH3 is 1. The molecule has 0 radical (unpaired) electrons. The Morgan fingerprint density at radius 3 is 2.36 bits per heavy atom. The van der Waals surface area contributed by atoms with Crippen LogP contribution in [0.15, 0.2) is 36.0 Å². The standard InChI is InChI=1S/C25H30ClNO6/c1-5-6-7-10-32-21-9-8-18(14-22(21)31-4)13-20(25(29)30)27-23(28)15-33-19-11-16(2)24(26)17(3)12-19/h8-9,11-14H,5-7,10,15H2,1-4H3,(H,27,28)(H,29,30)/b20-13+. The molecular formula is C25H30ClNO6. The molecule has 2 rings (SSSR count). The molecule has 0 aliphatic rings. The predicted octanol–water partition coefficient (Wildman–Crippen LogP) is 5.16. The first-order valence-electron chi connectivity index (χ1n) is 10.7. The molecule has 178 valence electrons. The van der Waals surface area contributed by atoms with E-state index in [2.05, 4.69) is 12.2 Å². The lowest BCUT2D eigenvalue weighted by molar-refractivity contribution is -0.134. The first-order valence-corrected chi connectivity index (χ1v) is 11.1. The number of carbonyl (C=O) groups excluding carboxylic acids is 1. The Morgan fingerprint density at radius 1 is 1.06 bits per heavy atom. The van der Waals surface area contributed by atoms with E-state index < -0.39 is 11.9 Å². The topological polar surface area (TPSA) is 94.1 Å². The van der Waals surface area contributed by atoms with Crippen LogP contribution < -0.4 is 19.5 Å². The number of ether oxygens (including phenoxy) is 3. The highest BCUT2D eigenvalue weighted by molar-refractivity contribution is 6.32. The molecule has 2 aromatic rings. The van der Waals surface area contributed by atoms with Gasteiger partial charge in [0.15, 0.2) is 18.1 Å². The molecule has 0 spiro atoms. The summed E-state index contributed by atoms with van der Waals surface area (Å²) in [6, 6.07) is 8.50. The largest absolute Gasteiger partial charge is 0.493 e. The van der Waals surface area contributed by atoms with Crippen LogP contribution >= 0.6 is 11.6 Å². The smallest absolute Gasteiger partial charge is 0.352 e. The fraction of sp³-hybridized carbons (Fsp3) is 0.360. The molecule has 0 atom stereocenters. The number of carboxylic acids is 1. The number of amides is 1. The maximum Gasteiger partial charge on any atom is 0.352 e. The van der Waals surface area contributed by atoms with E-state index in [4.69, 9.17) is 25.8 Å². The fourth-order valence-electron chi connectivity index (χ4n) is 3.07. The van der Waals surface area contributed by atoms with Crippen LogP contribution in [0, 0.1) is 13.8 Å². The van der Waals surface area contributed by atoms with Crippen LogP contribution in [0.25, 0.3) is 6.08 Å². The maximum atomic E-state index is 12.3. The van der Waals surface area contributed by atoms with Crippen LogP contribution in [0.2, 0.25) is 5.02 Å². The molecule has 1 amide bonds. The van der Waals surface area contributed by atoms with Crippen LogP contribution in [0.4, 0.5) is 0 Å². The molecule has 7 nitrogen and oxygen atoms in total. The van der Waals surface area contributed by atoms with Crippen molar-refractivity contribution >= 4 is 29.6 Å². The zero-order valence-corrected chi connectivity index (χ0v) is 20.1. The van der Waals surface area contributed by atoms with Crippen LogP contribution in [0.3, 0.4) is 0 Å². The van der Waals surface area contributed by atoms with E-state index in [-0.39, 0.29) is 12.3 Å². The Labute approximate surface area is 199 Å². The van der Waals surface area contributed by atoms with Gasteiger partial charge in [0.25, 0.3) is 5.91 Å². The summed E-state index contributed by atoms with van der Waals surface area (Å²) in [7, 11) is 1.51. The number of benzene rings is 2. The predicted molar refractivity (Wildman–Crippen MR) is 128 cm³/mol. The van der Waals surface area contributed by atoms with Crippen LogP contribution in [0.1, 0.15) is 42.9 Å². The van der Waals surface area contributed by atoms with Crippen molar-refractivity contribution in [1.29, 1.82) is 0 Å². The molecule has 0 saturated heterocycles. The molecule has 0 aliphatic carbocycles. The van der Waals surface area contributed by atoms with E-state index in [1.165, 1.54) is 13.2 Å². The summed E-state index contributed by atoms with van der Waals surface area (Å²) in [5, 5.41) is 12.5. The minimum Gasteiger partial charge on any atom is -0.493 e. The number of aliphatic carboxylic acids is 1. The normalized spacial score (nSPS) is 11.1. The summed E-state index contributed by atoms with van der Waals surface area (Å²) in [4.78, 5) is 24.0. The lowest BCUT2D eigenvalue weighted by atomic mass is 10.1. The van der Waals surface area contributed by atoms with Gasteiger partial charge in [-0.1, -0.05) is 37.4 Å². The van der Waals surface area contributed by atoms with E-state index in [9.17, 15) is 14.7 Å². The SMILES string of the molecule is CCCCCOc1ccc(/C=C(/NC(=O)COc2cc(C)c(Cl)c(C)c2)C(=O)O)cc1OC. The third-order valence-corrected chi connectivity index (χ3v) is 5.38. The number of unbranched alkanes of at least 4 members (excludes halogenated alkanes) is 2. The van der Waals surface area contributed by atoms with Gasteiger partial charge in [0.05, 0.1) is 13.7 Å². The maximum absolute atomic E-state index is 12.3. The number of aryl methyl sites for hydroxylation is 2. The molecule has 33 heavy (non-hydrogen) atoms. The first kappa shape index (κ1) is 26.1. The number of carboxylic acid groups (broad SMARTS) is 1. The van der Waals surface area contributed by atoms with Crippen LogP contribution in [-0.2, 0) is 9.59 Å². The summed E-state index contributed by atoms with van der Waals surface area (Å²) in [6.45, 7) is 6.01. The minimum absolute atomic E-state index is 0.286. The molecule has 0 saturated carbocycles. The molecular weight excluding hydrogens is 446 g/mol. The number of rotatable bonds is 12. The Bertz CT molecular complexity index is 995. The number of nitrogens with one attached hydrogen (secondary N) is 1. The third-order valence-electron chi connectivity index (χ3n) is 4.79. The zero-order chi connectivity index (χ0) is 24.4. The van der Waals surface area contributed by atoms with Gasteiger partial charge in [-0.3, -0.25) is 4.79 Å². The minimum atomic E-state index is -1.28. The Morgan fingerprint density at radius 2 is 1.76 bits per heavy atom. The summed E-state index contributed by atoms with van der Waals surface area (Å²) >= 11 is 6.14. The summed E-state index contributed by atoms with van der Waals surface area (Å²) < 4.78 is 16.6. The van der Waals surface area contributed by atoms with Crippen molar-refractivity contribution in [3.63, 3.8) is 0 Å². The Balaban J connectivity index is 2.07. The average molecular weight is 476 g/mol. The highest BCUT2D eigenvalue weighted by Crippen LogP contribution is 2.29. The first-order chi connectivity index (χ1) is 15.7. The van der Waals surface area contributed by atoms with Gasteiger partial charge in [0.1, 0.15) is 11.4 Å². The lowest BCUT2D eigenvalue weighted by Crippen LogP contribution is -2.31. The van der Waals surface area contributed by atoms with Crippen molar-refractivity contribution in [3.8, 4) is 17.2 Å². The summed E-state index contributed by atoms with van der Waals surface area (Å²) in [6.07, 6.45) is 4.46. The molecule has 2 aromatic carbocycles. The van der Waals surface area contributed by atoms with E-state index in [0.717, 1.165) is 30.4 Å². The van der Waals surface area contributed by atoms with Gasteiger partial charge in [-0.25, -0.2) is 4.79 Å². The second-order valence-electron chi connectivity index (χ2n) is 7.54. The van der Waals surface area contributed by atoms with Crippen molar-refractivity contribution < 1.29 is 28.9 Å². The second kappa shape index (κ2) is 12.7. The molecule has 0 aromatic heterocycles. The fourth-order valence-corrected chi connectivity index (χ4v) is 3.18. The van der Waals surface area contributed by atoms with Crippen LogP contribution in [-0.4, -0.2) is 37.3 Å². The molecule has 2 N–H and O–H groups in total. The zero-order valence-electron chi connectivity index (χ0n) is 19.4. The van der Waals surface area contributed by atoms with Crippen LogP contribution in [0.5, 0.6) is 17.2 Å². The molecule has 0 bridgehead atoms. The molecule has 0 unspecified atom stereocenters. The van der Waals surface area contributed by atoms with Crippen molar-refractivity contribution in [2.24, 2.45) is 0 Å². The third kappa shape index (κ3) is 8.02. The van der Waals surface area contributed by atoms with E-state index in [0.29, 0.717) is 34.4 Å². The molecule has 8 heteroatoms. The number of hydrogen-bond acceptors (Lipinski definition) is 5. The van der Waals surface area contributed by atoms with Gasteiger partial charge in [-0.2, -0.15) is 0 Å². The van der Waals surface area contributed by atoms with Gasteiger partial charge in [-0.15, -0.1) is 0 Å². The van der Waals surface area contributed by atoms with Crippen molar-refractivity contribution in [2.75, 3.05) is 20.3 Å². The Hall–Kier alpha value is -3.19. The molecule has 0 aliphatic heterocycles. The Kier molecular flexibility index (Phi) is 10.1. The van der Waals surface area contributed by atoms with Crippen molar-refractivity contribution in [1.82, 2.24) is 5.32 Å². The van der Waals surface area contributed by atoms with Gasteiger partial charge >= 0.3 is 5.97 Å². The van der Waals surface area contributed by atoms with Gasteiger partial charge < -0.3 is 24.6 Å². The van der Waals surface area contributed by atoms with E-state index in [1.54, 1.807) is 30.3 Å². The van der Waals surface area contributed by atoms with Crippen molar-refractivity contribution in [2.45, 2.75) is 40.0 Å². The highest BCUT2D eigenvalue weighted by atomic mass is 35.5. The monoisotopic (exact) mass is 475 g/mol. The molecule has 0 heterocycles. The van der Waals surface area contributed by atoms with Gasteiger partial charge in [0.2, 0.25) is 0 Å². The van der Waals surface area contributed by atoms with Gasteiger partial charge in [-0.05, 0) is 67.3 Å². The van der Waals surface area contributed by atoms with Crippen molar-refractivity contribution in [3.05, 3.63) is 57.7 Å². The number of hydrogen-bond donors (Lipinski definition) is 2. The number of halogens is 1. The average Bonchev–Trinajstić information content (AvgIpc) is 2.78. The summed E-state index contributed by atoms with van der Waals surface area (Å²) in [5.41, 5.74) is 1.90.